The van der Waals surface area contributed by atoms with Crippen LogP contribution in [0.2, 0.25) is 0 Å². The van der Waals surface area contributed by atoms with Gasteiger partial charge in [-0.05, 0) is 19.2 Å². The van der Waals surface area contributed by atoms with Gasteiger partial charge in [0.15, 0.2) is 0 Å². The largest absolute Gasteiger partial charge is 0.472 e. The molecule has 2 rings (SSSR count). The Morgan fingerprint density at radius 2 is 2.27 bits per heavy atom. The van der Waals surface area contributed by atoms with Gasteiger partial charge in [0.05, 0.1) is 18.8 Å². The third-order valence-corrected chi connectivity index (χ3v) is 3.78. The first kappa shape index (κ1) is 16.7. The Hall–Kier alpha value is -1.66. The number of nitrogens with one attached hydrogen (secondary N) is 1. The average molecular weight is 307 g/mol. The van der Waals surface area contributed by atoms with E-state index in [1.807, 2.05) is 0 Å². The lowest BCUT2D eigenvalue weighted by Crippen LogP contribution is -2.34. The molecule has 0 aliphatic carbocycles. The number of likely N-dealkylation sites (N-methyl/N-ethyl adjacent to an activating group) is 1. The lowest BCUT2D eigenvalue weighted by atomic mass is 10.2. The monoisotopic (exact) mass is 307 g/mol. The molecule has 0 aromatic carbocycles. The fraction of sp³-hybridized carbons (Fsp3) is 0.625. The number of ether oxygens (including phenoxy) is 2. The molecular weight excluding hydrogens is 282 g/mol. The number of carbonyl (C=O) groups is 1. The highest BCUT2D eigenvalue weighted by atomic mass is 16.5. The zero-order valence-electron chi connectivity index (χ0n) is 13.4. The summed E-state index contributed by atoms with van der Waals surface area (Å²) in [6, 6.07) is 3.47. The van der Waals surface area contributed by atoms with Gasteiger partial charge in [-0.3, -0.25) is 4.79 Å². The summed E-state index contributed by atoms with van der Waals surface area (Å²) >= 11 is 0. The van der Waals surface area contributed by atoms with E-state index in [1.54, 1.807) is 18.3 Å². The summed E-state index contributed by atoms with van der Waals surface area (Å²) in [5, 5.41) is 2.91. The molecule has 1 amide bonds. The Labute approximate surface area is 131 Å². The van der Waals surface area contributed by atoms with Crippen LogP contribution in [-0.2, 0) is 4.74 Å². The summed E-state index contributed by atoms with van der Waals surface area (Å²) in [7, 11) is 0. The van der Waals surface area contributed by atoms with Crippen LogP contribution in [0.4, 0.5) is 0 Å². The third kappa shape index (κ3) is 4.96. The van der Waals surface area contributed by atoms with Crippen molar-refractivity contribution in [3.8, 4) is 5.88 Å². The van der Waals surface area contributed by atoms with Gasteiger partial charge in [0, 0.05) is 31.8 Å². The van der Waals surface area contributed by atoms with Crippen molar-refractivity contribution in [2.24, 2.45) is 0 Å². The quantitative estimate of drug-likeness (QED) is 0.785. The number of amides is 1. The van der Waals surface area contributed by atoms with Gasteiger partial charge in [0.25, 0.3) is 5.91 Å². The molecule has 1 unspecified atom stereocenters. The first-order valence-electron chi connectivity index (χ1n) is 7.94. The predicted octanol–water partition coefficient (Wildman–Crippen LogP) is 1.32. The molecule has 22 heavy (non-hydrogen) atoms. The summed E-state index contributed by atoms with van der Waals surface area (Å²) in [5.74, 6) is 0.436. The summed E-state index contributed by atoms with van der Waals surface area (Å²) in [6.45, 7) is 9.04. The van der Waals surface area contributed by atoms with Crippen molar-refractivity contribution in [3.05, 3.63) is 23.9 Å². The number of nitrogens with zero attached hydrogens (tertiary/aromatic N) is 2. The Morgan fingerprint density at radius 3 is 2.86 bits per heavy atom. The molecule has 0 radical (unpaired) electrons. The van der Waals surface area contributed by atoms with E-state index in [-0.39, 0.29) is 12.0 Å². The van der Waals surface area contributed by atoms with E-state index in [2.05, 4.69) is 29.0 Å². The first-order valence-corrected chi connectivity index (χ1v) is 7.94. The van der Waals surface area contributed by atoms with Gasteiger partial charge in [0.1, 0.15) is 6.10 Å². The van der Waals surface area contributed by atoms with Crippen molar-refractivity contribution < 1.29 is 14.3 Å². The highest BCUT2D eigenvalue weighted by Gasteiger charge is 2.17. The average Bonchev–Trinajstić information content (AvgIpc) is 3.05. The van der Waals surface area contributed by atoms with Crippen molar-refractivity contribution in [1.29, 1.82) is 0 Å². The molecule has 122 valence electrons. The maximum absolute atomic E-state index is 12.0. The smallest absolute Gasteiger partial charge is 0.252 e. The van der Waals surface area contributed by atoms with Crippen LogP contribution < -0.4 is 10.1 Å². The van der Waals surface area contributed by atoms with Crippen molar-refractivity contribution >= 4 is 5.91 Å². The van der Waals surface area contributed by atoms with E-state index in [1.165, 1.54) is 0 Å². The van der Waals surface area contributed by atoms with Crippen LogP contribution in [0.5, 0.6) is 5.88 Å². The summed E-state index contributed by atoms with van der Waals surface area (Å²) in [4.78, 5) is 18.5. The third-order valence-electron chi connectivity index (χ3n) is 3.78. The number of carbonyl (C=O) groups excluding carboxylic acids is 1. The van der Waals surface area contributed by atoms with Crippen LogP contribution in [0.15, 0.2) is 18.3 Å². The molecule has 1 atom stereocenters. The molecule has 0 bridgehead atoms. The Balaban J connectivity index is 1.77. The van der Waals surface area contributed by atoms with Gasteiger partial charge in [-0.2, -0.15) is 0 Å². The molecule has 1 fully saturated rings. The van der Waals surface area contributed by atoms with Gasteiger partial charge in [-0.15, -0.1) is 0 Å². The molecule has 1 aromatic heterocycles. The summed E-state index contributed by atoms with van der Waals surface area (Å²) in [6.07, 6.45) is 2.51. The van der Waals surface area contributed by atoms with Crippen molar-refractivity contribution in [2.75, 3.05) is 39.4 Å². The number of aromatic nitrogens is 1. The Bertz CT molecular complexity index is 454. The number of pyridine rings is 1. The van der Waals surface area contributed by atoms with E-state index in [0.717, 1.165) is 32.7 Å². The molecule has 2 heterocycles. The van der Waals surface area contributed by atoms with E-state index < -0.39 is 0 Å². The van der Waals surface area contributed by atoms with Crippen LogP contribution in [0, 0.1) is 0 Å². The van der Waals surface area contributed by atoms with E-state index in [9.17, 15) is 4.79 Å². The van der Waals surface area contributed by atoms with E-state index in [0.29, 0.717) is 24.6 Å². The first-order chi connectivity index (χ1) is 10.7. The standard InChI is InChI=1S/C16H25N3O3/c1-3-19(4-2)9-8-17-16(20)13-5-6-15(18-11-13)22-14-7-10-21-12-14/h5-6,11,14H,3-4,7-10,12H2,1-2H3,(H,17,20). The lowest BCUT2D eigenvalue weighted by Gasteiger charge is -2.17. The maximum Gasteiger partial charge on any atom is 0.252 e. The highest BCUT2D eigenvalue weighted by Crippen LogP contribution is 2.14. The Morgan fingerprint density at radius 1 is 1.45 bits per heavy atom. The second-order valence-electron chi connectivity index (χ2n) is 5.27. The van der Waals surface area contributed by atoms with Gasteiger partial charge in [-0.25, -0.2) is 4.98 Å². The van der Waals surface area contributed by atoms with Crippen LogP contribution in [-0.4, -0.2) is 61.3 Å². The molecule has 1 saturated heterocycles. The van der Waals surface area contributed by atoms with Gasteiger partial charge < -0.3 is 19.7 Å². The van der Waals surface area contributed by atoms with Crippen molar-refractivity contribution in [3.63, 3.8) is 0 Å². The Kier molecular flexibility index (Phi) is 6.61. The van der Waals surface area contributed by atoms with Crippen LogP contribution >= 0.6 is 0 Å². The van der Waals surface area contributed by atoms with Crippen molar-refractivity contribution in [1.82, 2.24) is 15.2 Å². The molecule has 1 aliphatic heterocycles. The second-order valence-corrected chi connectivity index (χ2v) is 5.27. The number of hydrogen-bond acceptors (Lipinski definition) is 5. The van der Waals surface area contributed by atoms with E-state index in [4.69, 9.17) is 9.47 Å². The number of hydrogen-bond donors (Lipinski definition) is 1. The minimum atomic E-state index is -0.101. The topological polar surface area (TPSA) is 63.7 Å². The van der Waals surface area contributed by atoms with Gasteiger partial charge in [-0.1, -0.05) is 13.8 Å². The summed E-state index contributed by atoms with van der Waals surface area (Å²) in [5.41, 5.74) is 0.551. The van der Waals surface area contributed by atoms with Crippen LogP contribution in [0.25, 0.3) is 0 Å². The zero-order valence-corrected chi connectivity index (χ0v) is 13.4. The SMILES string of the molecule is CCN(CC)CCNC(=O)c1ccc(OC2CCOC2)nc1. The fourth-order valence-electron chi connectivity index (χ4n) is 2.33. The molecule has 0 spiro atoms. The molecule has 1 N–H and O–H groups in total. The summed E-state index contributed by atoms with van der Waals surface area (Å²) < 4.78 is 10.9. The molecule has 0 saturated carbocycles. The molecule has 6 heteroatoms. The molecule has 6 nitrogen and oxygen atoms in total. The number of rotatable bonds is 8. The van der Waals surface area contributed by atoms with Crippen molar-refractivity contribution in [2.45, 2.75) is 26.4 Å². The van der Waals surface area contributed by atoms with Crippen LogP contribution in [0.1, 0.15) is 30.6 Å². The normalized spacial score (nSPS) is 17.7. The minimum Gasteiger partial charge on any atom is -0.472 e. The van der Waals surface area contributed by atoms with E-state index >= 15 is 0 Å². The zero-order chi connectivity index (χ0) is 15.8. The maximum atomic E-state index is 12.0. The highest BCUT2D eigenvalue weighted by molar-refractivity contribution is 5.93. The minimum absolute atomic E-state index is 0.0706. The lowest BCUT2D eigenvalue weighted by molar-refractivity contribution is 0.0948. The second kappa shape index (κ2) is 8.70. The molecule has 1 aromatic rings. The molecule has 1 aliphatic rings. The van der Waals surface area contributed by atoms with Crippen LogP contribution in [0.3, 0.4) is 0 Å². The van der Waals surface area contributed by atoms with Gasteiger partial charge in [0.2, 0.25) is 5.88 Å². The molecular formula is C16H25N3O3. The predicted molar refractivity (Wildman–Crippen MR) is 84.2 cm³/mol. The van der Waals surface area contributed by atoms with Gasteiger partial charge >= 0.3 is 0 Å². The fourth-order valence-corrected chi connectivity index (χ4v) is 2.33.